The maximum absolute atomic E-state index is 11.9. The van der Waals surface area contributed by atoms with Gasteiger partial charge in [0.25, 0.3) is 0 Å². The topological polar surface area (TPSA) is 26.3 Å². The molecule has 21 heavy (non-hydrogen) atoms. The fourth-order valence-electron chi connectivity index (χ4n) is 4.41. The molecule has 0 saturated heterocycles. The van der Waals surface area contributed by atoms with Crippen molar-refractivity contribution in [3.63, 3.8) is 0 Å². The molecule has 1 fully saturated rings. The van der Waals surface area contributed by atoms with Crippen LogP contribution in [0.2, 0.25) is 0 Å². The molecule has 1 aromatic carbocycles. The number of benzene rings is 1. The van der Waals surface area contributed by atoms with Crippen molar-refractivity contribution in [2.45, 2.75) is 12.8 Å². The highest BCUT2D eigenvalue weighted by Gasteiger charge is 2.48. The zero-order chi connectivity index (χ0) is 14.2. The van der Waals surface area contributed by atoms with E-state index in [0.717, 1.165) is 30.1 Å². The van der Waals surface area contributed by atoms with Crippen molar-refractivity contribution in [2.75, 3.05) is 6.61 Å². The number of ether oxygens (including phenoxy) is 1. The lowest BCUT2D eigenvalue weighted by molar-refractivity contribution is 0.0477. The van der Waals surface area contributed by atoms with E-state index in [1.807, 2.05) is 18.2 Å². The van der Waals surface area contributed by atoms with Crippen LogP contribution in [-0.4, -0.2) is 12.6 Å². The van der Waals surface area contributed by atoms with Crippen LogP contribution < -0.4 is 0 Å². The van der Waals surface area contributed by atoms with Crippen LogP contribution in [0.15, 0.2) is 54.6 Å². The summed E-state index contributed by atoms with van der Waals surface area (Å²) >= 11 is 0. The van der Waals surface area contributed by atoms with Crippen molar-refractivity contribution in [1.29, 1.82) is 0 Å². The number of fused-ring (bicyclic) bond motifs is 5. The number of esters is 1. The predicted octanol–water partition coefficient (Wildman–Crippen LogP) is 3.86. The Hall–Kier alpha value is -1.83. The molecule has 2 bridgehead atoms. The molecule has 2 heteroatoms. The zero-order valence-corrected chi connectivity index (χ0v) is 12.0. The Labute approximate surface area is 125 Å². The van der Waals surface area contributed by atoms with Crippen molar-refractivity contribution in [3.05, 3.63) is 60.2 Å². The van der Waals surface area contributed by atoms with E-state index in [2.05, 4.69) is 24.3 Å². The van der Waals surface area contributed by atoms with Crippen molar-refractivity contribution in [1.82, 2.24) is 0 Å². The molecule has 108 valence electrons. The largest absolute Gasteiger partial charge is 0.462 e. The second-order valence-electron chi connectivity index (χ2n) is 6.44. The number of hydrogen-bond acceptors (Lipinski definition) is 2. The van der Waals surface area contributed by atoms with Crippen LogP contribution in [-0.2, 0) is 4.74 Å². The number of carbonyl (C=O) groups excluding carboxylic acids is 1. The highest BCUT2D eigenvalue weighted by molar-refractivity contribution is 5.89. The van der Waals surface area contributed by atoms with Crippen LogP contribution in [0.5, 0.6) is 0 Å². The van der Waals surface area contributed by atoms with E-state index >= 15 is 0 Å². The third-order valence-electron chi connectivity index (χ3n) is 5.35. The van der Waals surface area contributed by atoms with Crippen molar-refractivity contribution >= 4 is 5.97 Å². The molecular weight excluding hydrogens is 260 g/mol. The molecule has 1 saturated carbocycles. The maximum Gasteiger partial charge on any atom is 0.338 e. The summed E-state index contributed by atoms with van der Waals surface area (Å²) in [6.07, 6.45) is 11.9. The Balaban J connectivity index is 1.31. The fraction of sp³-hybridized carbons (Fsp3) is 0.421. The highest BCUT2D eigenvalue weighted by Crippen LogP contribution is 2.55. The molecule has 0 aromatic heterocycles. The summed E-state index contributed by atoms with van der Waals surface area (Å²) in [4.78, 5) is 11.9. The Bertz CT molecular complexity index is 587. The van der Waals surface area contributed by atoms with Gasteiger partial charge in [-0.1, -0.05) is 42.5 Å². The molecule has 0 unspecified atom stereocenters. The standard InChI is InChI=1S/C19H20O2/c20-19(14-4-2-1-3-5-14)21-11-10-13-8-9-17-15-6-7-16(12-15)18(13)17/h1-9,13,15-18H,10-12H2/t13-,15-,16+,17-,18+/m0/s1. The van der Waals surface area contributed by atoms with Gasteiger partial charge in [0.15, 0.2) is 0 Å². The second kappa shape index (κ2) is 5.18. The van der Waals surface area contributed by atoms with Gasteiger partial charge in [0.05, 0.1) is 12.2 Å². The predicted molar refractivity (Wildman–Crippen MR) is 81.7 cm³/mol. The lowest BCUT2D eigenvalue weighted by atomic mass is 9.79. The van der Waals surface area contributed by atoms with E-state index in [1.54, 1.807) is 12.1 Å². The van der Waals surface area contributed by atoms with Crippen LogP contribution in [0.1, 0.15) is 23.2 Å². The molecule has 0 heterocycles. The van der Waals surface area contributed by atoms with Gasteiger partial charge in [0, 0.05) is 0 Å². The van der Waals surface area contributed by atoms with E-state index in [4.69, 9.17) is 4.74 Å². The van der Waals surface area contributed by atoms with Gasteiger partial charge in [0.2, 0.25) is 0 Å². The fourth-order valence-corrected chi connectivity index (χ4v) is 4.41. The molecule has 2 nitrogen and oxygen atoms in total. The van der Waals surface area contributed by atoms with Gasteiger partial charge in [-0.05, 0) is 54.6 Å². The Morgan fingerprint density at radius 3 is 2.71 bits per heavy atom. The molecule has 0 radical (unpaired) electrons. The zero-order valence-electron chi connectivity index (χ0n) is 12.0. The quantitative estimate of drug-likeness (QED) is 0.618. The summed E-state index contributed by atoms with van der Waals surface area (Å²) in [7, 11) is 0. The van der Waals surface area contributed by atoms with Gasteiger partial charge in [0.1, 0.15) is 0 Å². The number of carbonyl (C=O) groups is 1. The normalized spacial score (nSPS) is 35.1. The van der Waals surface area contributed by atoms with Crippen LogP contribution >= 0.6 is 0 Å². The van der Waals surface area contributed by atoms with Crippen LogP contribution in [0.3, 0.4) is 0 Å². The van der Waals surface area contributed by atoms with E-state index in [1.165, 1.54) is 6.42 Å². The van der Waals surface area contributed by atoms with Crippen LogP contribution in [0.25, 0.3) is 0 Å². The molecule has 5 atom stereocenters. The number of hydrogen-bond donors (Lipinski definition) is 0. The van der Waals surface area contributed by atoms with Crippen molar-refractivity contribution in [2.24, 2.45) is 29.6 Å². The molecule has 4 rings (SSSR count). The number of allylic oxidation sites excluding steroid dienone is 4. The van der Waals surface area contributed by atoms with Gasteiger partial charge in [-0.3, -0.25) is 0 Å². The molecule has 3 aliphatic rings. The first kappa shape index (κ1) is 12.9. The van der Waals surface area contributed by atoms with Crippen molar-refractivity contribution in [3.8, 4) is 0 Å². The average molecular weight is 280 g/mol. The van der Waals surface area contributed by atoms with Gasteiger partial charge in [-0.2, -0.15) is 0 Å². The molecule has 0 spiro atoms. The van der Waals surface area contributed by atoms with Gasteiger partial charge in [-0.25, -0.2) is 4.79 Å². The molecule has 0 amide bonds. The summed E-state index contributed by atoms with van der Waals surface area (Å²) < 4.78 is 5.43. The average Bonchev–Trinajstić information content (AvgIpc) is 3.21. The summed E-state index contributed by atoms with van der Waals surface area (Å²) in [6, 6.07) is 9.23. The monoisotopic (exact) mass is 280 g/mol. The first-order valence-corrected chi connectivity index (χ1v) is 7.92. The summed E-state index contributed by atoms with van der Waals surface area (Å²) in [5.74, 6) is 3.41. The number of rotatable bonds is 4. The first-order chi connectivity index (χ1) is 10.3. The smallest absolute Gasteiger partial charge is 0.338 e. The highest BCUT2D eigenvalue weighted by atomic mass is 16.5. The minimum atomic E-state index is -0.207. The molecule has 1 aromatic rings. The Kier molecular flexibility index (Phi) is 3.17. The van der Waals surface area contributed by atoms with E-state index in [9.17, 15) is 4.79 Å². The molecule has 3 aliphatic carbocycles. The van der Waals surface area contributed by atoms with Crippen LogP contribution in [0, 0.1) is 29.6 Å². The van der Waals surface area contributed by atoms with Gasteiger partial charge in [-0.15, -0.1) is 0 Å². The minimum Gasteiger partial charge on any atom is -0.462 e. The van der Waals surface area contributed by atoms with Gasteiger partial charge >= 0.3 is 5.97 Å². The lowest BCUT2D eigenvalue weighted by Crippen LogP contribution is -2.22. The molecule has 0 aliphatic heterocycles. The van der Waals surface area contributed by atoms with Crippen molar-refractivity contribution < 1.29 is 9.53 Å². The summed E-state index contributed by atoms with van der Waals surface area (Å²) in [5, 5.41) is 0. The van der Waals surface area contributed by atoms with Crippen LogP contribution in [0.4, 0.5) is 0 Å². The minimum absolute atomic E-state index is 0.207. The van der Waals surface area contributed by atoms with E-state index in [0.29, 0.717) is 18.1 Å². The third-order valence-corrected chi connectivity index (χ3v) is 5.35. The van der Waals surface area contributed by atoms with Gasteiger partial charge < -0.3 is 4.74 Å². The molecular formula is C19H20O2. The van der Waals surface area contributed by atoms with E-state index < -0.39 is 0 Å². The summed E-state index contributed by atoms with van der Waals surface area (Å²) in [6.45, 7) is 0.521. The molecule has 0 N–H and O–H groups in total. The maximum atomic E-state index is 11.9. The third kappa shape index (κ3) is 2.23. The Morgan fingerprint density at radius 1 is 1.05 bits per heavy atom. The van der Waals surface area contributed by atoms with E-state index in [-0.39, 0.29) is 5.97 Å². The second-order valence-corrected chi connectivity index (χ2v) is 6.44. The summed E-state index contributed by atoms with van der Waals surface area (Å²) in [5.41, 5.74) is 0.639. The SMILES string of the molecule is O=C(OCC[C@@H]1C=C[C@@H]2[C@H]1[C@@H]1C=C[C@H]2C1)c1ccccc1. The Morgan fingerprint density at radius 2 is 1.86 bits per heavy atom. The lowest BCUT2D eigenvalue weighted by Gasteiger charge is -2.26. The first-order valence-electron chi connectivity index (χ1n) is 7.92.